The summed E-state index contributed by atoms with van der Waals surface area (Å²) in [7, 11) is 1.95. The van der Waals surface area contributed by atoms with Gasteiger partial charge in [-0.2, -0.15) is 0 Å². The van der Waals surface area contributed by atoms with Gasteiger partial charge in [-0.05, 0) is 79.7 Å². The predicted octanol–water partition coefficient (Wildman–Crippen LogP) is 3.63. The van der Waals surface area contributed by atoms with Crippen molar-refractivity contribution in [3.05, 3.63) is 59.7 Å². The van der Waals surface area contributed by atoms with Crippen LogP contribution in [-0.2, 0) is 26.1 Å². The van der Waals surface area contributed by atoms with Gasteiger partial charge in [-0.25, -0.2) is 14.8 Å². The van der Waals surface area contributed by atoms with Gasteiger partial charge in [0, 0.05) is 43.9 Å². The lowest BCUT2D eigenvalue weighted by atomic mass is 9.45. The fraction of sp³-hybridized carbons (Fsp3) is 0.575. The Bertz CT molecular complexity index is 1860. The van der Waals surface area contributed by atoms with Crippen LogP contribution in [0.25, 0.3) is 17.1 Å². The molecule has 8 atom stereocenters. The highest BCUT2D eigenvalue weighted by Gasteiger charge is 2.60. The number of benzene rings is 1. The number of carbonyl (C=O) groups is 2. The summed E-state index contributed by atoms with van der Waals surface area (Å²) in [5.41, 5.74) is 3.19. The first-order chi connectivity index (χ1) is 24.9. The molecule has 0 amide bonds. The molecule has 278 valence electrons. The molecule has 3 N–H and O–H groups in total. The molecule has 1 aromatic carbocycles. The highest BCUT2D eigenvalue weighted by Crippen LogP contribution is 2.62. The third-order valence-electron chi connectivity index (χ3n) is 12.8. The number of aryl methyl sites for hydroxylation is 1. The Kier molecular flexibility index (Phi) is 10.2. The molecule has 0 radical (unpaired) electrons. The minimum absolute atomic E-state index is 0.0163. The minimum Gasteiger partial charge on any atom is -0.423 e. The summed E-state index contributed by atoms with van der Waals surface area (Å²) in [6, 6.07) is 4.77. The number of aliphatic hydroxyl groups excluding tert-OH is 2. The van der Waals surface area contributed by atoms with E-state index in [0.717, 1.165) is 48.1 Å². The molecule has 4 heterocycles. The van der Waals surface area contributed by atoms with Crippen LogP contribution in [0.1, 0.15) is 58.4 Å². The van der Waals surface area contributed by atoms with Gasteiger partial charge < -0.3 is 29.6 Å². The molecule has 2 saturated carbocycles. The number of ether oxygens (including phenoxy) is 2. The second kappa shape index (κ2) is 14.5. The zero-order chi connectivity index (χ0) is 36.8. The van der Waals surface area contributed by atoms with Gasteiger partial charge in [0.25, 0.3) is 0 Å². The Morgan fingerprint density at radius 3 is 2.77 bits per heavy atom. The van der Waals surface area contributed by atoms with Crippen LogP contribution in [0.2, 0.25) is 0 Å². The number of aliphatic hydroxyl groups is 2. The highest BCUT2D eigenvalue weighted by molar-refractivity contribution is 6.07. The number of cyclic esters (lactones) is 1. The van der Waals surface area contributed by atoms with Gasteiger partial charge in [-0.15, -0.1) is 0 Å². The number of nitrogens with one attached hydrogen (secondary N) is 1. The van der Waals surface area contributed by atoms with Crippen molar-refractivity contribution < 1.29 is 29.3 Å². The van der Waals surface area contributed by atoms with E-state index in [-0.39, 0.29) is 42.1 Å². The number of hydrogen-bond acceptors (Lipinski definition) is 11. The molecule has 52 heavy (non-hydrogen) atoms. The van der Waals surface area contributed by atoms with E-state index in [1.165, 1.54) is 0 Å². The number of aliphatic imine (C=N–C) groups is 2. The first-order valence-corrected chi connectivity index (χ1v) is 18.6. The maximum absolute atomic E-state index is 13.8. The predicted molar refractivity (Wildman–Crippen MR) is 200 cm³/mol. The first kappa shape index (κ1) is 36.5. The van der Waals surface area contributed by atoms with Crippen LogP contribution < -0.4 is 5.32 Å². The van der Waals surface area contributed by atoms with Gasteiger partial charge >= 0.3 is 5.97 Å². The van der Waals surface area contributed by atoms with Crippen molar-refractivity contribution in [2.75, 3.05) is 39.5 Å². The third-order valence-corrected chi connectivity index (χ3v) is 12.8. The van der Waals surface area contributed by atoms with Crippen LogP contribution in [0.15, 0.2) is 64.1 Å². The molecule has 1 saturated heterocycles. The molecule has 3 fully saturated rings. The summed E-state index contributed by atoms with van der Waals surface area (Å²) < 4.78 is 13.5. The van der Waals surface area contributed by atoms with Crippen molar-refractivity contribution in [3.63, 3.8) is 0 Å². The van der Waals surface area contributed by atoms with Crippen LogP contribution in [0.5, 0.6) is 0 Å². The SMILES string of the molecule is C=C1C(N2CCOCC2)CC2[C@](C)(CC[C@@H](O)[C@@]2(C)CO)C1CC(NC(C)C(=O)CC1=NCC=N1)C1=C/C(=C\c2ccc3c(c2)ncn3C)OC1=O. The lowest BCUT2D eigenvalue weighted by Gasteiger charge is -2.62. The molecule has 3 aliphatic heterocycles. The average Bonchev–Trinajstić information content (AvgIpc) is 3.88. The number of imidazole rings is 1. The summed E-state index contributed by atoms with van der Waals surface area (Å²) >= 11 is 0. The third kappa shape index (κ3) is 6.75. The van der Waals surface area contributed by atoms with Gasteiger partial charge in [0.2, 0.25) is 0 Å². The smallest absolute Gasteiger partial charge is 0.341 e. The topological polar surface area (TPSA) is 151 Å². The minimum atomic E-state index is -0.707. The van der Waals surface area contributed by atoms with Crippen LogP contribution in [0.3, 0.4) is 0 Å². The van der Waals surface area contributed by atoms with E-state index >= 15 is 0 Å². The summed E-state index contributed by atoms with van der Waals surface area (Å²) in [4.78, 5) is 42.8. The molecule has 0 spiro atoms. The van der Waals surface area contributed by atoms with E-state index in [9.17, 15) is 19.8 Å². The summed E-state index contributed by atoms with van der Waals surface area (Å²) in [5.74, 6) is 0.283. The molecule has 12 heteroatoms. The van der Waals surface area contributed by atoms with E-state index in [0.29, 0.717) is 49.8 Å². The lowest BCUT2D eigenvalue weighted by Crippen LogP contribution is -2.62. The quantitative estimate of drug-likeness (QED) is 0.235. The molecule has 5 unspecified atom stereocenters. The fourth-order valence-electron chi connectivity index (χ4n) is 9.62. The Balaban J connectivity index is 1.25. The zero-order valence-corrected chi connectivity index (χ0v) is 30.8. The van der Waals surface area contributed by atoms with Gasteiger partial charge in [-0.1, -0.05) is 32.1 Å². The monoisotopic (exact) mass is 712 g/mol. The zero-order valence-electron chi connectivity index (χ0n) is 30.8. The molecule has 2 aliphatic carbocycles. The Morgan fingerprint density at radius 1 is 1.25 bits per heavy atom. The molecule has 5 aliphatic rings. The molecular formula is C40H52N6O6. The Morgan fingerprint density at radius 2 is 2.04 bits per heavy atom. The maximum atomic E-state index is 13.8. The van der Waals surface area contributed by atoms with E-state index < -0.39 is 29.6 Å². The van der Waals surface area contributed by atoms with Crippen LogP contribution >= 0.6 is 0 Å². The van der Waals surface area contributed by atoms with Gasteiger partial charge in [0.15, 0.2) is 5.78 Å². The number of hydrogen-bond donors (Lipinski definition) is 3. The highest BCUT2D eigenvalue weighted by atomic mass is 16.5. The summed E-state index contributed by atoms with van der Waals surface area (Å²) in [6.07, 6.45) is 9.11. The largest absolute Gasteiger partial charge is 0.423 e. The van der Waals surface area contributed by atoms with E-state index in [1.54, 1.807) is 18.6 Å². The van der Waals surface area contributed by atoms with Crippen molar-refractivity contribution in [1.29, 1.82) is 0 Å². The van der Waals surface area contributed by atoms with E-state index in [4.69, 9.17) is 16.1 Å². The molecular weight excluding hydrogens is 660 g/mol. The number of Topliss-reactive ketones (excluding diaryl/α,β-unsaturated/α-hetero) is 1. The number of nitrogens with zero attached hydrogens (tertiary/aromatic N) is 5. The maximum Gasteiger partial charge on any atom is 0.341 e. The molecule has 1 aromatic heterocycles. The second-order valence-corrected chi connectivity index (χ2v) is 15.8. The second-order valence-electron chi connectivity index (χ2n) is 15.8. The standard InChI is InChI=1S/C40H52N6O6/c1-24-29(39(3)9-8-36(49)40(4,22-47)35(39)20-33(24)46-12-14-51-15-13-46)19-30(44-25(2)34(48)21-37-41-10-11-42-37)28-18-27(52-38(28)50)16-26-6-7-32-31(17-26)43-23-45(32)5/h6-7,10,16-18,23,25,29-30,33,35-36,44,47,49H,1,8-9,11-15,19-22H2,2-5H3/b27-16+/t25?,29?,30?,33?,35?,36-,39-,40+/m1/s1. The van der Waals surface area contributed by atoms with Crippen molar-refractivity contribution in [1.82, 2.24) is 19.8 Å². The fourth-order valence-corrected chi connectivity index (χ4v) is 9.62. The lowest BCUT2D eigenvalue weighted by molar-refractivity contribution is -0.163. The summed E-state index contributed by atoms with van der Waals surface area (Å²) in [6.45, 7) is 14.0. The number of esters is 1. The number of amidine groups is 1. The number of morpholine rings is 1. The normalized spacial score (nSPS) is 32.8. The Hall–Kier alpha value is -3.81. The van der Waals surface area contributed by atoms with Crippen molar-refractivity contribution in [2.45, 2.75) is 77.1 Å². The van der Waals surface area contributed by atoms with Gasteiger partial charge in [0.1, 0.15) is 11.6 Å². The average molecular weight is 713 g/mol. The van der Waals surface area contributed by atoms with E-state index in [1.807, 2.05) is 49.7 Å². The number of carbonyl (C=O) groups excluding carboxylic acids is 2. The first-order valence-electron chi connectivity index (χ1n) is 18.6. The number of aromatic nitrogens is 2. The van der Waals surface area contributed by atoms with Gasteiger partial charge in [0.05, 0.1) is 67.9 Å². The van der Waals surface area contributed by atoms with Gasteiger partial charge in [-0.3, -0.25) is 14.7 Å². The van der Waals surface area contributed by atoms with Crippen LogP contribution in [-0.4, -0.2) is 112 Å². The summed E-state index contributed by atoms with van der Waals surface area (Å²) in [5, 5.41) is 25.8. The van der Waals surface area contributed by atoms with E-state index in [2.05, 4.69) is 32.1 Å². The molecule has 0 bridgehead atoms. The number of allylic oxidation sites excluding steroid dienone is 1. The van der Waals surface area contributed by atoms with Crippen LogP contribution in [0, 0.1) is 22.7 Å². The van der Waals surface area contributed by atoms with Crippen LogP contribution in [0.4, 0.5) is 0 Å². The number of ketones is 1. The molecule has 2 aromatic rings. The van der Waals surface area contributed by atoms with Crippen molar-refractivity contribution in [3.8, 4) is 0 Å². The van der Waals surface area contributed by atoms with Crippen molar-refractivity contribution >= 4 is 40.9 Å². The molecule has 7 rings (SSSR count). The number of fused-ring (bicyclic) bond motifs is 2. The van der Waals surface area contributed by atoms with Crippen molar-refractivity contribution in [2.24, 2.45) is 39.7 Å². The molecule has 12 nitrogen and oxygen atoms in total. The number of rotatable bonds is 11. The Labute approximate surface area is 305 Å².